The van der Waals surface area contributed by atoms with Crippen molar-refractivity contribution in [1.29, 1.82) is 0 Å². The van der Waals surface area contributed by atoms with E-state index < -0.39 is 0 Å². The number of nitrogens with zero attached hydrogens (tertiary/aromatic N) is 1. The zero-order valence-corrected chi connectivity index (χ0v) is 17.0. The normalized spacial score (nSPS) is 11.7. The topological polar surface area (TPSA) is 71.1 Å². The Labute approximate surface area is 168 Å². The van der Waals surface area contributed by atoms with E-state index >= 15 is 0 Å². The summed E-state index contributed by atoms with van der Waals surface area (Å²) in [6.45, 7) is 5.95. The van der Waals surface area contributed by atoms with Gasteiger partial charge in [0.25, 0.3) is 5.91 Å². The average Bonchev–Trinajstić information content (AvgIpc) is 3.12. The fourth-order valence-electron chi connectivity index (χ4n) is 2.76. The lowest BCUT2D eigenvalue weighted by molar-refractivity contribution is -0.116. The maximum Gasteiger partial charge on any atom is 0.251 e. The quantitative estimate of drug-likeness (QED) is 0.644. The van der Waals surface area contributed by atoms with Gasteiger partial charge in [0.15, 0.2) is 5.13 Å². The van der Waals surface area contributed by atoms with Crippen LogP contribution in [0, 0.1) is 13.8 Å². The number of thiazole rings is 1. The van der Waals surface area contributed by atoms with Gasteiger partial charge in [0.05, 0.1) is 5.69 Å². The molecule has 1 unspecified atom stereocenters. The number of benzene rings is 2. The molecule has 2 amide bonds. The predicted octanol–water partition coefficient (Wildman–Crippen LogP) is 4.57. The minimum Gasteiger partial charge on any atom is -0.349 e. The number of nitrogens with one attached hydrogen (secondary N) is 2. The number of aromatic nitrogens is 1. The Morgan fingerprint density at radius 1 is 1.07 bits per heavy atom. The van der Waals surface area contributed by atoms with Gasteiger partial charge in [0.1, 0.15) is 0 Å². The lowest BCUT2D eigenvalue weighted by Gasteiger charge is -2.13. The molecule has 0 aliphatic rings. The minimum absolute atomic E-state index is 0.178. The molecule has 144 valence electrons. The van der Waals surface area contributed by atoms with Crippen molar-refractivity contribution < 1.29 is 9.59 Å². The largest absolute Gasteiger partial charge is 0.349 e. The average molecular weight is 394 g/mol. The van der Waals surface area contributed by atoms with Gasteiger partial charge in [0, 0.05) is 29.0 Å². The molecule has 0 spiro atoms. The number of hydrogen-bond acceptors (Lipinski definition) is 4. The highest BCUT2D eigenvalue weighted by Crippen LogP contribution is 2.26. The summed E-state index contributed by atoms with van der Waals surface area (Å²) >= 11 is 1.39. The third-order valence-corrected chi connectivity index (χ3v) is 5.22. The summed E-state index contributed by atoms with van der Waals surface area (Å²) in [7, 11) is 0. The van der Waals surface area contributed by atoms with Crippen LogP contribution < -0.4 is 10.6 Å². The van der Waals surface area contributed by atoms with Gasteiger partial charge in [-0.05, 0) is 50.1 Å². The van der Waals surface area contributed by atoms with Crippen LogP contribution in [0.15, 0.2) is 53.9 Å². The van der Waals surface area contributed by atoms with Crippen molar-refractivity contribution in [2.75, 3.05) is 5.32 Å². The molecule has 0 aliphatic heterocycles. The van der Waals surface area contributed by atoms with Crippen molar-refractivity contribution in [3.63, 3.8) is 0 Å². The molecule has 1 heterocycles. The Morgan fingerprint density at radius 3 is 2.54 bits per heavy atom. The number of anilines is 1. The van der Waals surface area contributed by atoms with Crippen LogP contribution in [-0.2, 0) is 4.79 Å². The van der Waals surface area contributed by atoms with Crippen LogP contribution in [0.5, 0.6) is 0 Å². The van der Waals surface area contributed by atoms with E-state index in [1.54, 1.807) is 12.1 Å². The fraction of sp³-hybridized carbons (Fsp3) is 0.227. The summed E-state index contributed by atoms with van der Waals surface area (Å²) in [4.78, 5) is 28.9. The molecule has 0 aliphatic carbocycles. The number of amides is 2. The van der Waals surface area contributed by atoms with Gasteiger partial charge in [0.2, 0.25) is 5.91 Å². The second-order valence-corrected chi connectivity index (χ2v) is 7.69. The van der Waals surface area contributed by atoms with E-state index in [1.807, 2.05) is 36.6 Å². The summed E-state index contributed by atoms with van der Waals surface area (Å²) in [6.07, 6.45) is 0.178. The SMILES string of the molecule is Cc1ccc(-c2csc(NC(=O)CC(C)NC(=O)c3ccccc3)n2)cc1C. The summed E-state index contributed by atoms with van der Waals surface area (Å²) < 4.78 is 0. The highest BCUT2D eigenvalue weighted by Gasteiger charge is 2.15. The molecule has 0 radical (unpaired) electrons. The van der Waals surface area contributed by atoms with Crippen LogP contribution in [0.1, 0.15) is 34.8 Å². The molecular weight excluding hydrogens is 370 g/mol. The molecule has 0 saturated carbocycles. The second-order valence-electron chi connectivity index (χ2n) is 6.83. The summed E-state index contributed by atoms with van der Waals surface area (Å²) in [6, 6.07) is 14.9. The molecule has 28 heavy (non-hydrogen) atoms. The minimum atomic E-state index is -0.285. The zero-order chi connectivity index (χ0) is 20.1. The maximum absolute atomic E-state index is 12.3. The first-order valence-corrected chi connectivity index (χ1v) is 9.99. The third kappa shape index (κ3) is 5.04. The van der Waals surface area contributed by atoms with Crippen molar-refractivity contribution >= 4 is 28.3 Å². The van der Waals surface area contributed by atoms with Crippen molar-refractivity contribution in [3.8, 4) is 11.3 Å². The number of hydrogen-bond donors (Lipinski definition) is 2. The molecule has 1 atom stereocenters. The second kappa shape index (κ2) is 8.80. The van der Waals surface area contributed by atoms with Crippen LogP contribution in [0.4, 0.5) is 5.13 Å². The lowest BCUT2D eigenvalue weighted by Crippen LogP contribution is -2.35. The van der Waals surface area contributed by atoms with Gasteiger partial charge in [-0.2, -0.15) is 0 Å². The lowest BCUT2D eigenvalue weighted by atomic mass is 10.1. The summed E-state index contributed by atoms with van der Waals surface area (Å²) in [5.41, 5.74) is 4.89. The van der Waals surface area contributed by atoms with Crippen LogP contribution >= 0.6 is 11.3 Å². The number of carbonyl (C=O) groups is 2. The van der Waals surface area contributed by atoms with E-state index in [-0.39, 0.29) is 24.3 Å². The fourth-order valence-corrected chi connectivity index (χ4v) is 3.50. The van der Waals surface area contributed by atoms with Crippen LogP contribution in [0.3, 0.4) is 0 Å². The zero-order valence-electron chi connectivity index (χ0n) is 16.2. The molecule has 3 rings (SSSR count). The van der Waals surface area contributed by atoms with Crippen molar-refractivity contribution in [1.82, 2.24) is 10.3 Å². The van der Waals surface area contributed by atoms with E-state index in [1.165, 1.54) is 22.5 Å². The molecule has 0 saturated heterocycles. The van der Waals surface area contributed by atoms with E-state index in [4.69, 9.17) is 0 Å². The molecule has 2 N–H and O–H groups in total. The summed E-state index contributed by atoms with van der Waals surface area (Å²) in [5.74, 6) is -0.367. The Bertz CT molecular complexity index is 982. The van der Waals surface area contributed by atoms with E-state index in [2.05, 4.69) is 41.6 Å². The Hall–Kier alpha value is -2.99. The third-order valence-electron chi connectivity index (χ3n) is 4.46. The highest BCUT2D eigenvalue weighted by atomic mass is 32.1. The van der Waals surface area contributed by atoms with Gasteiger partial charge in [-0.25, -0.2) is 4.98 Å². The van der Waals surface area contributed by atoms with E-state index in [9.17, 15) is 9.59 Å². The van der Waals surface area contributed by atoms with Gasteiger partial charge in [-0.3, -0.25) is 9.59 Å². The first-order chi connectivity index (χ1) is 13.4. The standard InChI is InChI=1S/C22H23N3O2S/c1-14-9-10-18(11-15(14)2)19-13-28-22(24-19)25-20(26)12-16(3)23-21(27)17-7-5-4-6-8-17/h4-11,13,16H,12H2,1-3H3,(H,23,27)(H,24,25,26). The molecule has 0 fully saturated rings. The van der Waals surface area contributed by atoms with Gasteiger partial charge >= 0.3 is 0 Å². The van der Waals surface area contributed by atoms with E-state index in [0.29, 0.717) is 10.7 Å². The molecular formula is C22H23N3O2S. The molecule has 5 nitrogen and oxygen atoms in total. The van der Waals surface area contributed by atoms with Crippen LogP contribution in [-0.4, -0.2) is 22.8 Å². The van der Waals surface area contributed by atoms with Crippen LogP contribution in [0.25, 0.3) is 11.3 Å². The Kier molecular flexibility index (Phi) is 6.21. The smallest absolute Gasteiger partial charge is 0.251 e. The molecule has 2 aromatic carbocycles. The molecule has 6 heteroatoms. The first-order valence-electron chi connectivity index (χ1n) is 9.11. The summed E-state index contributed by atoms with van der Waals surface area (Å²) in [5, 5.41) is 8.14. The molecule has 0 bridgehead atoms. The number of carbonyl (C=O) groups excluding carboxylic acids is 2. The highest BCUT2D eigenvalue weighted by molar-refractivity contribution is 7.14. The van der Waals surface area contributed by atoms with Gasteiger partial charge in [-0.1, -0.05) is 30.3 Å². The monoisotopic (exact) mass is 393 g/mol. The number of rotatable bonds is 6. The maximum atomic E-state index is 12.3. The Balaban J connectivity index is 1.55. The van der Waals surface area contributed by atoms with Crippen LogP contribution in [0.2, 0.25) is 0 Å². The molecule has 1 aromatic heterocycles. The predicted molar refractivity (Wildman–Crippen MR) is 114 cm³/mol. The molecule has 3 aromatic rings. The van der Waals surface area contributed by atoms with Crippen molar-refractivity contribution in [3.05, 3.63) is 70.6 Å². The van der Waals surface area contributed by atoms with Gasteiger partial charge < -0.3 is 10.6 Å². The van der Waals surface area contributed by atoms with E-state index in [0.717, 1.165) is 11.3 Å². The Morgan fingerprint density at radius 2 is 1.82 bits per heavy atom. The first kappa shape index (κ1) is 19.8. The van der Waals surface area contributed by atoms with Crippen molar-refractivity contribution in [2.24, 2.45) is 0 Å². The van der Waals surface area contributed by atoms with Crippen molar-refractivity contribution in [2.45, 2.75) is 33.2 Å². The van der Waals surface area contributed by atoms with Gasteiger partial charge in [-0.15, -0.1) is 11.3 Å². The number of aryl methyl sites for hydroxylation is 2.